The van der Waals surface area contributed by atoms with E-state index in [2.05, 4.69) is 11.8 Å². The summed E-state index contributed by atoms with van der Waals surface area (Å²) in [6.45, 7) is 6.57. The summed E-state index contributed by atoms with van der Waals surface area (Å²) in [6, 6.07) is 20.9. The van der Waals surface area contributed by atoms with Crippen molar-refractivity contribution in [3.63, 3.8) is 0 Å². The van der Waals surface area contributed by atoms with Crippen molar-refractivity contribution in [1.82, 2.24) is 0 Å². The van der Waals surface area contributed by atoms with Crippen molar-refractivity contribution in [3.8, 4) is 11.8 Å². The summed E-state index contributed by atoms with van der Waals surface area (Å²) in [6.07, 6.45) is 3.61. The van der Waals surface area contributed by atoms with Crippen LogP contribution in [0.4, 0.5) is 10.1 Å². The average molecular weight is 762 g/mol. The summed E-state index contributed by atoms with van der Waals surface area (Å²) >= 11 is 0. The highest BCUT2D eigenvalue weighted by atomic mass is 32.2. The smallest absolute Gasteiger partial charge is 0.303 e. The minimum Gasteiger partial charge on any atom is -0.458 e. The number of carbonyl (C=O) groups is 3. The third-order valence-electron chi connectivity index (χ3n) is 9.57. The molecule has 2 aliphatic rings. The fourth-order valence-corrected chi connectivity index (χ4v) is 7.51. The number of carbonyl (C=O) groups excluding carboxylic acids is 3. The molecular formula is C42H48FNO9S. The van der Waals surface area contributed by atoms with Gasteiger partial charge in [0, 0.05) is 37.1 Å². The number of hydrogen-bond donors (Lipinski definition) is 0. The van der Waals surface area contributed by atoms with Crippen LogP contribution in [-0.2, 0) is 49.6 Å². The first-order valence-corrected chi connectivity index (χ1v) is 20.2. The molecule has 3 atom stereocenters. The molecule has 0 aliphatic carbocycles. The van der Waals surface area contributed by atoms with E-state index in [-0.39, 0.29) is 37.3 Å². The molecule has 0 N–H and O–H groups in total. The summed E-state index contributed by atoms with van der Waals surface area (Å²) < 4.78 is 59.5. The molecule has 2 aliphatic heterocycles. The number of anilines is 1. The fourth-order valence-electron chi connectivity index (χ4n) is 6.79. The van der Waals surface area contributed by atoms with Crippen LogP contribution >= 0.6 is 0 Å². The first-order chi connectivity index (χ1) is 25.5. The Morgan fingerprint density at radius 3 is 2.19 bits per heavy atom. The topological polar surface area (TPSA) is 126 Å². The lowest BCUT2D eigenvalue weighted by molar-refractivity contribution is -0.303. The fraction of sp³-hybridized carbons (Fsp3) is 0.452. The van der Waals surface area contributed by atoms with Crippen molar-refractivity contribution in [3.05, 3.63) is 101 Å². The monoisotopic (exact) mass is 761 g/mol. The number of hydrogen-bond acceptors (Lipinski definition) is 9. The van der Waals surface area contributed by atoms with Crippen molar-refractivity contribution in [2.75, 3.05) is 30.1 Å². The van der Waals surface area contributed by atoms with E-state index in [1.165, 1.54) is 32.2 Å². The zero-order chi connectivity index (χ0) is 39.1. The molecule has 54 heavy (non-hydrogen) atoms. The van der Waals surface area contributed by atoms with Gasteiger partial charge in [0.15, 0.2) is 11.4 Å². The Morgan fingerprint density at radius 2 is 1.59 bits per heavy atom. The van der Waals surface area contributed by atoms with E-state index in [0.29, 0.717) is 24.8 Å². The molecule has 2 heterocycles. The van der Waals surface area contributed by atoms with Gasteiger partial charge in [-0.25, -0.2) is 12.8 Å². The molecule has 12 heteroatoms. The second-order valence-electron chi connectivity index (χ2n) is 14.6. The van der Waals surface area contributed by atoms with Gasteiger partial charge in [0.1, 0.15) is 21.8 Å². The maximum Gasteiger partial charge on any atom is 0.303 e. The third-order valence-corrected chi connectivity index (χ3v) is 10.6. The number of ether oxygens (including phenoxy) is 4. The Bertz CT molecular complexity index is 1960. The van der Waals surface area contributed by atoms with Crippen LogP contribution in [0.2, 0.25) is 0 Å². The third kappa shape index (κ3) is 11.0. The molecule has 288 valence electrons. The van der Waals surface area contributed by atoms with Gasteiger partial charge in [-0.2, -0.15) is 0 Å². The number of nitrogens with zero attached hydrogens (tertiary/aromatic N) is 1. The largest absolute Gasteiger partial charge is 0.458 e. The number of amides is 1. The van der Waals surface area contributed by atoms with Crippen molar-refractivity contribution in [2.45, 2.75) is 89.8 Å². The first kappa shape index (κ1) is 40.6. The molecule has 10 nitrogen and oxygen atoms in total. The molecule has 0 bridgehead atoms. The average Bonchev–Trinajstić information content (AvgIpc) is 3.10. The summed E-state index contributed by atoms with van der Waals surface area (Å²) in [5, 5.41) is 0. The highest BCUT2D eigenvalue weighted by Crippen LogP contribution is 2.46. The predicted molar refractivity (Wildman–Crippen MR) is 201 cm³/mol. The SMILES string of the molecule is CC(=O)O[C@@H](CCC1C(=O)N(c2ccc(CCCCS(C)(=O)=O)cc2)[C@@H]1c1ccc(C#CCC2(OC(C)=O)COC(C)(C)OC2)cc1)c1ccc(F)cc1. The standard InChI is InChI=1S/C42H48FNO9S/c1-29(45)52-38(33-17-19-35(43)20-18-33)24-23-37-39(44(40(37)47)36-21-13-31(14-22-36)9-6-7-26-54(5,48)49)34-15-11-32(12-16-34)10-8-25-42(53-30(2)46)27-50-41(3,4)51-28-42/h11-22,37-39H,6-7,9,23-28H2,1-5H3/t37?,38-,39+/m0/s1. The second-order valence-corrected chi connectivity index (χ2v) is 16.9. The van der Waals surface area contributed by atoms with E-state index in [9.17, 15) is 27.2 Å². The Hall–Kier alpha value is -4.57. The van der Waals surface area contributed by atoms with E-state index in [1.807, 2.05) is 48.5 Å². The Balaban J connectivity index is 1.35. The van der Waals surface area contributed by atoms with E-state index >= 15 is 0 Å². The number of halogens is 1. The molecular weight excluding hydrogens is 714 g/mol. The molecule has 1 amide bonds. The van der Waals surface area contributed by atoms with Crippen LogP contribution in [0, 0.1) is 23.6 Å². The zero-order valence-corrected chi connectivity index (χ0v) is 32.2. The molecule has 0 radical (unpaired) electrons. The van der Waals surface area contributed by atoms with Crippen molar-refractivity contribution in [1.29, 1.82) is 0 Å². The van der Waals surface area contributed by atoms with Gasteiger partial charge in [-0.05, 0) is 99.0 Å². The maximum absolute atomic E-state index is 13.9. The summed E-state index contributed by atoms with van der Waals surface area (Å²) in [7, 11) is -3.01. The van der Waals surface area contributed by atoms with E-state index in [1.54, 1.807) is 30.9 Å². The number of sulfone groups is 1. The molecule has 3 aromatic rings. The van der Waals surface area contributed by atoms with Crippen LogP contribution in [0.25, 0.3) is 0 Å². The van der Waals surface area contributed by atoms with Gasteiger partial charge >= 0.3 is 11.9 Å². The van der Waals surface area contributed by atoms with Crippen LogP contribution in [-0.4, -0.2) is 62.9 Å². The summed E-state index contributed by atoms with van der Waals surface area (Å²) in [4.78, 5) is 39.5. The number of rotatable bonds is 14. The van der Waals surface area contributed by atoms with Gasteiger partial charge < -0.3 is 23.8 Å². The van der Waals surface area contributed by atoms with Crippen molar-refractivity contribution in [2.24, 2.45) is 5.92 Å². The Kier molecular flexibility index (Phi) is 13.0. The number of unbranched alkanes of at least 4 members (excludes halogenated alkanes) is 1. The normalized spacial score (nSPS) is 19.5. The Labute approximate surface area is 317 Å². The lowest BCUT2D eigenvalue weighted by atomic mass is 9.78. The van der Waals surface area contributed by atoms with Crippen LogP contribution in [0.5, 0.6) is 0 Å². The number of esters is 2. The molecule has 2 saturated heterocycles. The summed E-state index contributed by atoms with van der Waals surface area (Å²) in [5.41, 5.74) is 3.04. The van der Waals surface area contributed by atoms with E-state index < -0.39 is 51.0 Å². The van der Waals surface area contributed by atoms with Crippen molar-refractivity contribution >= 4 is 33.4 Å². The lowest BCUT2D eigenvalue weighted by Crippen LogP contribution is -2.55. The zero-order valence-electron chi connectivity index (χ0n) is 31.4. The maximum atomic E-state index is 13.9. The molecule has 2 fully saturated rings. The highest BCUT2D eigenvalue weighted by molar-refractivity contribution is 7.90. The van der Waals surface area contributed by atoms with Gasteiger partial charge in [-0.15, -0.1) is 0 Å². The lowest BCUT2D eigenvalue weighted by Gasteiger charge is -2.48. The minimum absolute atomic E-state index is 0.0682. The van der Waals surface area contributed by atoms with Crippen LogP contribution in [0.15, 0.2) is 72.8 Å². The Morgan fingerprint density at radius 1 is 0.944 bits per heavy atom. The van der Waals surface area contributed by atoms with Gasteiger partial charge in [0.25, 0.3) is 0 Å². The van der Waals surface area contributed by atoms with Crippen LogP contribution in [0.3, 0.4) is 0 Å². The molecule has 3 aromatic carbocycles. The van der Waals surface area contributed by atoms with Crippen LogP contribution < -0.4 is 4.90 Å². The second kappa shape index (κ2) is 17.3. The quantitative estimate of drug-likeness (QED) is 0.0754. The van der Waals surface area contributed by atoms with Gasteiger partial charge in [0.05, 0.1) is 31.6 Å². The molecule has 1 unspecified atom stereocenters. The minimum atomic E-state index is -3.01. The molecule has 0 aromatic heterocycles. The number of benzene rings is 3. The summed E-state index contributed by atoms with van der Waals surface area (Å²) in [5.74, 6) is 3.83. The van der Waals surface area contributed by atoms with Crippen LogP contribution in [0.1, 0.15) is 94.2 Å². The number of β-lactam (4-membered cyclic amide) rings is 1. The van der Waals surface area contributed by atoms with Gasteiger partial charge in [0.2, 0.25) is 5.91 Å². The number of aryl methyl sites for hydroxylation is 1. The van der Waals surface area contributed by atoms with E-state index in [0.717, 1.165) is 35.2 Å². The van der Waals surface area contributed by atoms with Crippen molar-refractivity contribution < 1.29 is 46.1 Å². The highest BCUT2D eigenvalue weighted by Gasteiger charge is 2.48. The molecule has 5 rings (SSSR count). The van der Waals surface area contributed by atoms with Gasteiger partial charge in [-0.3, -0.25) is 14.4 Å². The van der Waals surface area contributed by atoms with E-state index in [4.69, 9.17) is 18.9 Å². The molecule has 0 saturated carbocycles. The van der Waals surface area contributed by atoms with Gasteiger partial charge in [-0.1, -0.05) is 48.2 Å². The predicted octanol–water partition coefficient (Wildman–Crippen LogP) is 6.81. The molecule has 0 spiro atoms. The first-order valence-electron chi connectivity index (χ1n) is 18.1.